The van der Waals surface area contributed by atoms with Crippen LogP contribution in [0.2, 0.25) is 0 Å². The third-order valence-corrected chi connectivity index (χ3v) is 4.79. The number of imidazole rings is 1. The number of aromatic nitrogens is 2. The molecule has 0 atom stereocenters. The molecule has 1 aromatic heterocycles. The number of benzene rings is 1. The first kappa shape index (κ1) is 17.3. The number of aliphatic carboxylic acids is 1. The molecule has 0 saturated heterocycles. The number of hydrogen-bond acceptors (Lipinski definition) is 3. The number of carbonyl (C=O) groups is 2. The predicted octanol–water partition coefficient (Wildman–Crippen LogP) is 1.58. The molecule has 1 fully saturated rings. The Morgan fingerprint density at radius 2 is 1.76 bits per heavy atom. The van der Waals surface area contributed by atoms with Crippen molar-refractivity contribution in [1.82, 2.24) is 14.5 Å². The van der Waals surface area contributed by atoms with Gasteiger partial charge in [0.1, 0.15) is 0 Å². The number of amides is 1. The topological polar surface area (TPSA) is 93.3 Å². The first-order valence-electron chi connectivity index (χ1n) is 8.71. The monoisotopic (exact) mass is 345 g/mol. The summed E-state index contributed by atoms with van der Waals surface area (Å²) in [4.78, 5) is 35.5. The number of hydrogen-bond donors (Lipinski definition) is 2. The fourth-order valence-electron chi connectivity index (χ4n) is 3.38. The SMILES string of the molecule is CCCn1c(=O)n(CCC(=O)NC2CC(C(=O)O)C2)c2ccccc21. The predicted molar refractivity (Wildman–Crippen MR) is 93.4 cm³/mol. The van der Waals surface area contributed by atoms with Crippen LogP contribution in [0.4, 0.5) is 0 Å². The van der Waals surface area contributed by atoms with Crippen LogP contribution in [0.5, 0.6) is 0 Å². The lowest BCUT2D eigenvalue weighted by Crippen LogP contribution is -2.46. The summed E-state index contributed by atoms with van der Waals surface area (Å²) in [6.07, 6.45) is 2.03. The largest absolute Gasteiger partial charge is 0.481 e. The lowest BCUT2D eigenvalue weighted by molar-refractivity contribution is -0.146. The number of carboxylic acids is 1. The van der Waals surface area contributed by atoms with E-state index in [2.05, 4.69) is 5.32 Å². The van der Waals surface area contributed by atoms with E-state index in [4.69, 9.17) is 5.11 Å². The van der Waals surface area contributed by atoms with Gasteiger partial charge in [0, 0.05) is 25.6 Å². The highest BCUT2D eigenvalue weighted by atomic mass is 16.4. The second-order valence-electron chi connectivity index (χ2n) is 6.60. The van der Waals surface area contributed by atoms with E-state index in [0.717, 1.165) is 17.5 Å². The molecule has 1 amide bonds. The fraction of sp³-hybridized carbons (Fsp3) is 0.500. The quantitative estimate of drug-likeness (QED) is 0.797. The maximum atomic E-state index is 12.6. The number of para-hydroxylation sites is 2. The molecule has 0 aliphatic heterocycles. The van der Waals surface area contributed by atoms with Crippen molar-refractivity contribution >= 4 is 22.9 Å². The molecule has 1 aliphatic carbocycles. The Bertz CT molecular complexity index is 846. The number of carboxylic acid groups (broad SMARTS) is 1. The smallest absolute Gasteiger partial charge is 0.329 e. The van der Waals surface area contributed by atoms with Crippen molar-refractivity contribution in [2.45, 2.75) is 51.7 Å². The van der Waals surface area contributed by atoms with Crippen LogP contribution in [0.15, 0.2) is 29.1 Å². The van der Waals surface area contributed by atoms with Gasteiger partial charge in [-0.15, -0.1) is 0 Å². The fourth-order valence-corrected chi connectivity index (χ4v) is 3.38. The minimum atomic E-state index is -0.805. The maximum absolute atomic E-state index is 12.6. The van der Waals surface area contributed by atoms with Crippen LogP contribution in [0.3, 0.4) is 0 Å². The Kier molecular flexibility index (Phi) is 4.92. The van der Waals surface area contributed by atoms with Gasteiger partial charge in [-0.25, -0.2) is 4.79 Å². The molecule has 7 heteroatoms. The van der Waals surface area contributed by atoms with Gasteiger partial charge in [-0.2, -0.15) is 0 Å². The Labute approximate surface area is 145 Å². The van der Waals surface area contributed by atoms with E-state index >= 15 is 0 Å². The van der Waals surface area contributed by atoms with Crippen molar-refractivity contribution in [3.8, 4) is 0 Å². The molecule has 1 aromatic carbocycles. The maximum Gasteiger partial charge on any atom is 0.329 e. The summed E-state index contributed by atoms with van der Waals surface area (Å²) >= 11 is 0. The molecule has 0 bridgehead atoms. The molecule has 25 heavy (non-hydrogen) atoms. The van der Waals surface area contributed by atoms with Crippen molar-refractivity contribution < 1.29 is 14.7 Å². The number of aryl methyl sites for hydroxylation is 2. The molecule has 1 heterocycles. The van der Waals surface area contributed by atoms with Crippen LogP contribution >= 0.6 is 0 Å². The van der Waals surface area contributed by atoms with Crippen LogP contribution in [0, 0.1) is 5.92 Å². The lowest BCUT2D eigenvalue weighted by atomic mass is 9.80. The van der Waals surface area contributed by atoms with Gasteiger partial charge in [-0.3, -0.25) is 18.7 Å². The molecule has 2 N–H and O–H groups in total. The van der Waals surface area contributed by atoms with E-state index < -0.39 is 5.97 Å². The first-order chi connectivity index (χ1) is 12.0. The van der Waals surface area contributed by atoms with Gasteiger partial charge in [0.15, 0.2) is 0 Å². The Morgan fingerprint density at radius 1 is 1.16 bits per heavy atom. The van der Waals surface area contributed by atoms with Crippen molar-refractivity contribution in [2.75, 3.05) is 0 Å². The molecule has 7 nitrogen and oxygen atoms in total. The van der Waals surface area contributed by atoms with Crippen LogP contribution < -0.4 is 11.0 Å². The lowest BCUT2D eigenvalue weighted by Gasteiger charge is -2.32. The molecule has 1 aliphatic rings. The average Bonchev–Trinajstić information content (AvgIpc) is 2.81. The van der Waals surface area contributed by atoms with E-state index in [1.54, 1.807) is 9.13 Å². The normalized spacial score (nSPS) is 19.6. The molecule has 2 aromatic rings. The van der Waals surface area contributed by atoms with Crippen LogP contribution in [-0.2, 0) is 22.7 Å². The molecule has 0 spiro atoms. The van der Waals surface area contributed by atoms with Gasteiger partial charge in [0.05, 0.1) is 17.0 Å². The number of fused-ring (bicyclic) bond motifs is 1. The summed E-state index contributed by atoms with van der Waals surface area (Å²) in [5.74, 6) is -1.30. The molecule has 1 saturated carbocycles. The highest BCUT2D eigenvalue weighted by Gasteiger charge is 2.35. The summed E-state index contributed by atoms with van der Waals surface area (Å²) < 4.78 is 3.39. The molecular weight excluding hydrogens is 322 g/mol. The minimum Gasteiger partial charge on any atom is -0.481 e. The Balaban J connectivity index is 1.65. The van der Waals surface area contributed by atoms with E-state index in [-0.39, 0.29) is 30.0 Å². The standard InChI is InChI=1S/C18H23N3O4/c1-2-8-20-14-5-3-4-6-15(14)21(18(20)25)9-7-16(22)19-13-10-12(11-13)17(23)24/h3-6,12-13H,2,7-11H2,1H3,(H,19,22)(H,23,24). The van der Waals surface area contributed by atoms with Crippen molar-refractivity contribution in [3.05, 3.63) is 34.7 Å². The van der Waals surface area contributed by atoms with Crippen LogP contribution in [0.25, 0.3) is 11.0 Å². The zero-order valence-electron chi connectivity index (χ0n) is 14.3. The summed E-state index contributed by atoms with van der Waals surface area (Å²) in [5, 5.41) is 11.7. The number of nitrogens with one attached hydrogen (secondary N) is 1. The average molecular weight is 345 g/mol. The third-order valence-electron chi connectivity index (χ3n) is 4.79. The van der Waals surface area contributed by atoms with Gasteiger partial charge in [-0.05, 0) is 31.4 Å². The van der Waals surface area contributed by atoms with Crippen molar-refractivity contribution in [3.63, 3.8) is 0 Å². The second-order valence-corrected chi connectivity index (χ2v) is 6.60. The molecule has 3 rings (SSSR count). The van der Waals surface area contributed by atoms with E-state index in [0.29, 0.717) is 25.9 Å². The summed E-state index contributed by atoms with van der Waals surface area (Å²) in [7, 11) is 0. The molecular formula is C18H23N3O4. The van der Waals surface area contributed by atoms with Crippen LogP contribution in [-0.4, -0.2) is 32.2 Å². The van der Waals surface area contributed by atoms with E-state index in [1.807, 2.05) is 31.2 Å². The van der Waals surface area contributed by atoms with Gasteiger partial charge in [0.25, 0.3) is 0 Å². The van der Waals surface area contributed by atoms with Gasteiger partial charge in [0.2, 0.25) is 5.91 Å². The van der Waals surface area contributed by atoms with Crippen LogP contribution in [0.1, 0.15) is 32.6 Å². The Morgan fingerprint density at radius 3 is 2.32 bits per heavy atom. The summed E-state index contributed by atoms with van der Waals surface area (Å²) in [6, 6.07) is 7.54. The van der Waals surface area contributed by atoms with Crippen molar-refractivity contribution in [1.29, 1.82) is 0 Å². The zero-order chi connectivity index (χ0) is 18.0. The van der Waals surface area contributed by atoms with Gasteiger partial charge >= 0.3 is 11.7 Å². The number of nitrogens with zero attached hydrogens (tertiary/aromatic N) is 2. The molecule has 134 valence electrons. The van der Waals surface area contributed by atoms with E-state index in [9.17, 15) is 14.4 Å². The minimum absolute atomic E-state index is 0.0632. The van der Waals surface area contributed by atoms with Crippen molar-refractivity contribution in [2.24, 2.45) is 5.92 Å². The Hall–Kier alpha value is -2.57. The number of rotatable bonds is 7. The highest BCUT2D eigenvalue weighted by Crippen LogP contribution is 2.27. The zero-order valence-corrected chi connectivity index (χ0v) is 14.3. The van der Waals surface area contributed by atoms with Gasteiger partial charge < -0.3 is 10.4 Å². The third kappa shape index (κ3) is 3.45. The summed E-state index contributed by atoms with van der Waals surface area (Å²) in [5.41, 5.74) is 1.63. The second kappa shape index (κ2) is 7.13. The first-order valence-corrected chi connectivity index (χ1v) is 8.71. The summed E-state index contributed by atoms with van der Waals surface area (Å²) in [6.45, 7) is 2.99. The van der Waals surface area contributed by atoms with E-state index in [1.165, 1.54) is 0 Å². The molecule has 0 radical (unpaired) electrons. The highest BCUT2D eigenvalue weighted by molar-refractivity contribution is 5.78. The number of carbonyl (C=O) groups excluding carboxylic acids is 1. The molecule has 0 unspecified atom stereocenters. The van der Waals surface area contributed by atoms with Gasteiger partial charge in [-0.1, -0.05) is 19.1 Å².